The number of rotatable bonds is 6. The number of aromatic nitrogens is 1. The van der Waals surface area contributed by atoms with E-state index in [1.807, 2.05) is 6.20 Å². The molecule has 7 heteroatoms. The lowest BCUT2D eigenvalue weighted by Crippen LogP contribution is -2.38. The van der Waals surface area contributed by atoms with E-state index in [1.165, 1.54) is 9.75 Å². The zero-order chi connectivity index (χ0) is 15.1. The average molecular weight is 387 g/mol. The molecule has 0 aliphatic rings. The number of nitrogens with one attached hydrogen (secondary N) is 2. The Hall–Kier alpha value is -0.920. The van der Waals surface area contributed by atoms with Crippen LogP contribution in [-0.2, 0) is 13.0 Å². The minimum Gasteiger partial charge on any atom is -0.357 e. The second-order valence-electron chi connectivity index (χ2n) is 4.47. The van der Waals surface area contributed by atoms with Gasteiger partial charge in [0.1, 0.15) is 0 Å². The first-order chi connectivity index (χ1) is 10.2. The van der Waals surface area contributed by atoms with Gasteiger partial charge in [-0.3, -0.25) is 0 Å². The molecule has 2 heterocycles. The van der Waals surface area contributed by atoms with Crippen molar-refractivity contribution in [2.45, 2.75) is 26.8 Å². The Bertz CT molecular complexity index is 591. The molecule has 0 bridgehead atoms. The van der Waals surface area contributed by atoms with E-state index in [0.717, 1.165) is 35.0 Å². The molecule has 0 unspecified atom stereocenters. The Morgan fingerprint density at radius 1 is 1.43 bits per heavy atom. The van der Waals surface area contributed by atoms with Gasteiger partial charge in [-0.1, -0.05) is 0 Å². The summed E-state index contributed by atoms with van der Waals surface area (Å²) in [5.74, 6) is 0.857. The largest absolute Gasteiger partial charge is 0.357 e. The van der Waals surface area contributed by atoms with Crippen LogP contribution in [0.1, 0.15) is 21.7 Å². The van der Waals surface area contributed by atoms with E-state index in [1.54, 1.807) is 22.7 Å². The van der Waals surface area contributed by atoms with E-state index in [-0.39, 0.29) is 0 Å². The van der Waals surface area contributed by atoms with E-state index in [2.05, 4.69) is 61.8 Å². The van der Waals surface area contributed by atoms with Crippen molar-refractivity contribution in [2.75, 3.05) is 13.1 Å². The smallest absolute Gasteiger partial charge is 0.191 e. The molecule has 0 amide bonds. The van der Waals surface area contributed by atoms with Crippen LogP contribution in [0.25, 0.3) is 0 Å². The summed E-state index contributed by atoms with van der Waals surface area (Å²) in [5.41, 5.74) is 0. The van der Waals surface area contributed by atoms with Crippen molar-refractivity contribution >= 4 is 44.6 Å². The van der Waals surface area contributed by atoms with Gasteiger partial charge < -0.3 is 10.6 Å². The molecule has 0 saturated heterocycles. The number of thiazole rings is 1. The zero-order valence-corrected chi connectivity index (χ0v) is 15.4. The molecular formula is C14H19BrN4S2. The van der Waals surface area contributed by atoms with Gasteiger partial charge in [-0.25, -0.2) is 9.98 Å². The van der Waals surface area contributed by atoms with Crippen LogP contribution in [0.3, 0.4) is 0 Å². The maximum absolute atomic E-state index is 4.60. The van der Waals surface area contributed by atoms with Crippen LogP contribution in [0.5, 0.6) is 0 Å². The number of thiophene rings is 1. The van der Waals surface area contributed by atoms with Crippen molar-refractivity contribution in [3.8, 4) is 0 Å². The van der Waals surface area contributed by atoms with Crippen LogP contribution in [0, 0.1) is 6.92 Å². The molecule has 0 aliphatic heterocycles. The van der Waals surface area contributed by atoms with Gasteiger partial charge in [0, 0.05) is 45.3 Å². The molecular weight excluding hydrogens is 368 g/mol. The molecule has 0 aromatic carbocycles. The van der Waals surface area contributed by atoms with Crippen LogP contribution < -0.4 is 10.6 Å². The first-order valence-corrected chi connectivity index (χ1v) is 9.32. The molecule has 4 nitrogen and oxygen atoms in total. The van der Waals surface area contributed by atoms with E-state index in [4.69, 9.17) is 0 Å². The lowest BCUT2D eigenvalue weighted by molar-refractivity contribution is 0.797. The molecule has 21 heavy (non-hydrogen) atoms. The summed E-state index contributed by atoms with van der Waals surface area (Å²) >= 11 is 6.93. The lowest BCUT2D eigenvalue weighted by Gasteiger charge is -2.10. The highest BCUT2D eigenvalue weighted by atomic mass is 79.9. The fourth-order valence-corrected chi connectivity index (χ4v) is 3.90. The number of hydrogen-bond acceptors (Lipinski definition) is 4. The second-order valence-corrected chi connectivity index (χ2v) is 7.70. The maximum atomic E-state index is 4.60. The molecule has 0 saturated carbocycles. The maximum Gasteiger partial charge on any atom is 0.191 e. The summed E-state index contributed by atoms with van der Waals surface area (Å²) in [4.78, 5) is 11.5. The molecule has 0 spiro atoms. The number of halogens is 1. The number of aryl methyl sites for hydroxylation is 1. The topological polar surface area (TPSA) is 49.3 Å². The predicted molar refractivity (Wildman–Crippen MR) is 95.4 cm³/mol. The molecule has 0 atom stereocenters. The highest BCUT2D eigenvalue weighted by Gasteiger charge is 2.02. The van der Waals surface area contributed by atoms with E-state index in [0.29, 0.717) is 6.54 Å². The van der Waals surface area contributed by atoms with Crippen LogP contribution in [-0.4, -0.2) is 24.0 Å². The molecule has 0 aliphatic carbocycles. The number of hydrogen-bond donors (Lipinski definition) is 2. The van der Waals surface area contributed by atoms with E-state index in [9.17, 15) is 0 Å². The van der Waals surface area contributed by atoms with Crippen LogP contribution in [0.2, 0.25) is 0 Å². The predicted octanol–water partition coefficient (Wildman–Crippen LogP) is 3.57. The van der Waals surface area contributed by atoms with Gasteiger partial charge in [-0.2, -0.15) is 0 Å². The third kappa shape index (κ3) is 5.76. The fraction of sp³-hybridized carbons (Fsp3) is 0.429. The highest BCUT2D eigenvalue weighted by molar-refractivity contribution is 9.10. The second kappa shape index (κ2) is 8.51. The highest BCUT2D eigenvalue weighted by Crippen LogP contribution is 2.20. The molecule has 114 valence electrons. The lowest BCUT2D eigenvalue weighted by atomic mass is 10.4. The molecule has 2 rings (SSSR count). The fourth-order valence-electron chi connectivity index (χ4n) is 1.74. The van der Waals surface area contributed by atoms with Crippen LogP contribution in [0.15, 0.2) is 27.1 Å². The Labute approximate surface area is 141 Å². The van der Waals surface area contributed by atoms with Gasteiger partial charge >= 0.3 is 0 Å². The summed E-state index contributed by atoms with van der Waals surface area (Å²) in [5, 5.41) is 9.86. The van der Waals surface area contributed by atoms with Crippen molar-refractivity contribution in [1.82, 2.24) is 15.6 Å². The average Bonchev–Trinajstić information content (AvgIpc) is 3.05. The van der Waals surface area contributed by atoms with Crippen molar-refractivity contribution in [3.05, 3.63) is 36.9 Å². The van der Waals surface area contributed by atoms with Gasteiger partial charge in [-0.05, 0) is 35.8 Å². The first kappa shape index (κ1) is 16.5. The summed E-state index contributed by atoms with van der Waals surface area (Å²) in [6.07, 6.45) is 2.85. The van der Waals surface area contributed by atoms with Crippen molar-refractivity contribution in [3.63, 3.8) is 0 Å². The zero-order valence-electron chi connectivity index (χ0n) is 12.1. The Morgan fingerprint density at radius 3 is 2.90 bits per heavy atom. The summed E-state index contributed by atoms with van der Waals surface area (Å²) in [6, 6.07) is 2.11. The summed E-state index contributed by atoms with van der Waals surface area (Å²) in [7, 11) is 0. The van der Waals surface area contributed by atoms with Gasteiger partial charge in [0.25, 0.3) is 0 Å². The van der Waals surface area contributed by atoms with Gasteiger partial charge in [0.15, 0.2) is 5.96 Å². The van der Waals surface area contributed by atoms with Gasteiger partial charge in [0.05, 0.1) is 11.6 Å². The number of guanidine groups is 1. The van der Waals surface area contributed by atoms with Gasteiger partial charge in [0.2, 0.25) is 0 Å². The molecule has 2 aromatic heterocycles. The van der Waals surface area contributed by atoms with Crippen molar-refractivity contribution < 1.29 is 0 Å². The van der Waals surface area contributed by atoms with Crippen LogP contribution >= 0.6 is 38.6 Å². The minimum atomic E-state index is 0.696. The molecule has 2 N–H and O–H groups in total. The quantitative estimate of drug-likeness (QED) is 0.589. The number of aliphatic imine (C=N–C) groups is 1. The SMILES string of the molecule is CCNC(=NCc1cc(Br)cs1)NCCc1ncc(C)s1. The van der Waals surface area contributed by atoms with Crippen LogP contribution in [0.4, 0.5) is 0 Å². The summed E-state index contributed by atoms with van der Waals surface area (Å²) < 4.78 is 1.12. The standard InChI is InChI=1S/C14H19BrN4S2/c1-3-16-14(19-8-12-6-11(15)9-20-12)17-5-4-13-18-7-10(2)21-13/h6-7,9H,3-5,8H2,1-2H3,(H2,16,17,19). The Kier molecular flexibility index (Phi) is 6.66. The monoisotopic (exact) mass is 386 g/mol. The van der Waals surface area contributed by atoms with Gasteiger partial charge in [-0.15, -0.1) is 22.7 Å². The van der Waals surface area contributed by atoms with E-state index < -0.39 is 0 Å². The molecule has 0 fully saturated rings. The minimum absolute atomic E-state index is 0.696. The Balaban J connectivity index is 1.83. The van der Waals surface area contributed by atoms with Crippen molar-refractivity contribution in [1.29, 1.82) is 0 Å². The Morgan fingerprint density at radius 2 is 2.29 bits per heavy atom. The first-order valence-electron chi connectivity index (χ1n) is 6.83. The third-order valence-corrected chi connectivity index (χ3v) is 5.31. The molecule has 0 radical (unpaired) electrons. The van der Waals surface area contributed by atoms with E-state index >= 15 is 0 Å². The summed E-state index contributed by atoms with van der Waals surface area (Å²) in [6.45, 7) is 6.55. The normalized spacial score (nSPS) is 11.7. The number of nitrogens with zero attached hydrogens (tertiary/aromatic N) is 2. The third-order valence-electron chi connectivity index (χ3n) is 2.66. The van der Waals surface area contributed by atoms with Crippen molar-refractivity contribution in [2.24, 2.45) is 4.99 Å². The molecule has 2 aromatic rings.